The van der Waals surface area contributed by atoms with Crippen LogP contribution >= 0.6 is 24.8 Å². The molecule has 3 rings (SSSR count). The second-order valence-electron chi connectivity index (χ2n) is 6.67. The van der Waals surface area contributed by atoms with Crippen LogP contribution in [-0.4, -0.2) is 23.6 Å². The van der Waals surface area contributed by atoms with Gasteiger partial charge in [-0.3, -0.25) is 4.79 Å². The van der Waals surface area contributed by atoms with Crippen molar-refractivity contribution in [3.63, 3.8) is 0 Å². The summed E-state index contributed by atoms with van der Waals surface area (Å²) in [5.41, 5.74) is 2.12. The van der Waals surface area contributed by atoms with E-state index >= 15 is 0 Å². The lowest BCUT2D eigenvalue weighted by Crippen LogP contribution is -2.37. The summed E-state index contributed by atoms with van der Waals surface area (Å²) in [5.74, 6) is 0.844. The molecule has 1 amide bonds. The fraction of sp³-hybridized carbons (Fsp3) is 0.500. The summed E-state index contributed by atoms with van der Waals surface area (Å²) in [7, 11) is 0. The normalized spacial score (nSPS) is 17.2. The Morgan fingerprint density at radius 3 is 2.79 bits per heavy atom. The summed E-state index contributed by atoms with van der Waals surface area (Å²) in [5, 5.41) is 7.53. The summed E-state index contributed by atoms with van der Waals surface area (Å²) in [6, 6.07) is 8.30. The second-order valence-corrected chi connectivity index (χ2v) is 6.67. The number of nitrogens with zero attached hydrogens (tertiary/aromatic N) is 1. The lowest BCUT2D eigenvalue weighted by atomic mass is 9.99. The first-order valence-corrected chi connectivity index (χ1v) is 8.24. The molecule has 1 atom stereocenters. The number of piperidine rings is 1. The van der Waals surface area contributed by atoms with E-state index < -0.39 is 0 Å². The maximum Gasteiger partial charge on any atom is 0.228 e. The molecule has 2 N–H and O–H groups in total. The Bertz CT molecular complexity index is 663. The molecule has 1 aliphatic rings. The predicted octanol–water partition coefficient (Wildman–Crippen LogP) is 4.08. The van der Waals surface area contributed by atoms with Gasteiger partial charge in [0.25, 0.3) is 0 Å². The van der Waals surface area contributed by atoms with E-state index in [1.165, 1.54) is 10.9 Å². The first-order chi connectivity index (χ1) is 10.6. The Labute approximate surface area is 156 Å². The minimum Gasteiger partial charge on any atom is -0.347 e. The number of hydrogen-bond acceptors (Lipinski definition) is 2. The van der Waals surface area contributed by atoms with Crippen LogP contribution < -0.4 is 10.6 Å². The molecule has 4 nitrogen and oxygen atoms in total. The van der Waals surface area contributed by atoms with Crippen molar-refractivity contribution in [3.8, 4) is 0 Å². The maximum absolute atomic E-state index is 12.3. The third-order valence-corrected chi connectivity index (χ3v) is 4.27. The number of benzene rings is 1. The molecular weight excluding hydrogens is 345 g/mol. The average molecular weight is 372 g/mol. The van der Waals surface area contributed by atoms with Gasteiger partial charge in [-0.1, -0.05) is 13.8 Å². The number of rotatable bonds is 4. The Balaban J connectivity index is 0.00000144. The zero-order valence-corrected chi connectivity index (χ0v) is 15.9. The van der Waals surface area contributed by atoms with Crippen molar-refractivity contribution in [2.75, 3.05) is 18.4 Å². The van der Waals surface area contributed by atoms with Crippen LogP contribution in [0.2, 0.25) is 0 Å². The summed E-state index contributed by atoms with van der Waals surface area (Å²) >= 11 is 0. The molecule has 1 saturated heterocycles. The first kappa shape index (κ1) is 20.8. The van der Waals surface area contributed by atoms with Gasteiger partial charge < -0.3 is 15.2 Å². The van der Waals surface area contributed by atoms with Gasteiger partial charge in [-0.15, -0.1) is 24.8 Å². The van der Waals surface area contributed by atoms with E-state index in [4.69, 9.17) is 0 Å². The van der Waals surface area contributed by atoms with Crippen LogP contribution in [0.5, 0.6) is 0 Å². The van der Waals surface area contributed by atoms with E-state index in [-0.39, 0.29) is 36.6 Å². The highest BCUT2D eigenvalue weighted by atomic mass is 35.5. The van der Waals surface area contributed by atoms with Crippen molar-refractivity contribution in [1.82, 2.24) is 9.88 Å². The molecule has 1 fully saturated rings. The number of nitrogens with one attached hydrogen (secondary N) is 2. The number of amides is 1. The van der Waals surface area contributed by atoms with Gasteiger partial charge >= 0.3 is 0 Å². The van der Waals surface area contributed by atoms with Crippen molar-refractivity contribution in [2.24, 2.45) is 11.8 Å². The number of carbonyl (C=O) groups is 1. The minimum atomic E-state index is 0. The molecule has 1 unspecified atom stereocenters. The molecule has 2 aromatic rings. The first-order valence-electron chi connectivity index (χ1n) is 8.24. The monoisotopic (exact) mass is 371 g/mol. The zero-order chi connectivity index (χ0) is 15.5. The molecule has 1 aromatic carbocycles. The predicted molar refractivity (Wildman–Crippen MR) is 105 cm³/mol. The van der Waals surface area contributed by atoms with Gasteiger partial charge in [0.1, 0.15) is 0 Å². The van der Waals surface area contributed by atoms with Crippen LogP contribution in [0, 0.1) is 11.8 Å². The lowest BCUT2D eigenvalue weighted by molar-refractivity contribution is -0.120. The van der Waals surface area contributed by atoms with Gasteiger partial charge in [-0.05, 0) is 49.6 Å². The number of anilines is 1. The fourth-order valence-electron chi connectivity index (χ4n) is 3.15. The van der Waals surface area contributed by atoms with Crippen molar-refractivity contribution < 1.29 is 4.79 Å². The van der Waals surface area contributed by atoms with Crippen molar-refractivity contribution in [3.05, 3.63) is 30.5 Å². The van der Waals surface area contributed by atoms with Crippen LogP contribution in [0.4, 0.5) is 5.69 Å². The van der Waals surface area contributed by atoms with Crippen LogP contribution in [0.3, 0.4) is 0 Å². The van der Waals surface area contributed by atoms with Crippen LogP contribution in [0.1, 0.15) is 26.7 Å². The molecule has 134 valence electrons. The third-order valence-electron chi connectivity index (χ3n) is 4.27. The largest absolute Gasteiger partial charge is 0.347 e. The van der Waals surface area contributed by atoms with E-state index in [9.17, 15) is 4.79 Å². The highest BCUT2D eigenvalue weighted by Crippen LogP contribution is 2.22. The molecule has 0 radical (unpaired) electrons. The molecule has 1 aromatic heterocycles. The van der Waals surface area contributed by atoms with E-state index in [0.29, 0.717) is 5.92 Å². The van der Waals surface area contributed by atoms with E-state index in [0.717, 1.165) is 38.2 Å². The number of fused-ring (bicyclic) bond motifs is 1. The quantitative estimate of drug-likeness (QED) is 0.850. The zero-order valence-electron chi connectivity index (χ0n) is 14.2. The molecule has 0 saturated carbocycles. The van der Waals surface area contributed by atoms with Crippen molar-refractivity contribution in [1.29, 1.82) is 0 Å². The van der Waals surface area contributed by atoms with Crippen LogP contribution in [0.15, 0.2) is 30.5 Å². The smallest absolute Gasteiger partial charge is 0.228 e. The van der Waals surface area contributed by atoms with Gasteiger partial charge in [0.15, 0.2) is 0 Å². The summed E-state index contributed by atoms with van der Waals surface area (Å²) in [6.07, 6.45) is 4.18. The molecule has 1 aliphatic heterocycles. The number of halogens is 2. The van der Waals surface area contributed by atoms with Crippen molar-refractivity contribution in [2.45, 2.75) is 33.2 Å². The Kier molecular flexibility index (Phi) is 8.07. The van der Waals surface area contributed by atoms with Gasteiger partial charge in [0, 0.05) is 35.9 Å². The highest BCUT2D eigenvalue weighted by Gasteiger charge is 2.20. The number of aromatic nitrogens is 1. The lowest BCUT2D eigenvalue weighted by Gasteiger charge is -2.21. The van der Waals surface area contributed by atoms with Crippen LogP contribution in [0.25, 0.3) is 10.9 Å². The van der Waals surface area contributed by atoms with Gasteiger partial charge in [0.2, 0.25) is 5.91 Å². The summed E-state index contributed by atoms with van der Waals surface area (Å²) in [6.45, 7) is 7.28. The number of hydrogen-bond donors (Lipinski definition) is 2. The number of carbonyl (C=O) groups excluding carboxylic acids is 1. The van der Waals surface area contributed by atoms with E-state index in [1.807, 2.05) is 6.07 Å². The van der Waals surface area contributed by atoms with Crippen LogP contribution in [-0.2, 0) is 11.3 Å². The van der Waals surface area contributed by atoms with Gasteiger partial charge in [0.05, 0.1) is 5.92 Å². The van der Waals surface area contributed by atoms with Gasteiger partial charge in [-0.2, -0.15) is 0 Å². The average Bonchev–Trinajstić information content (AvgIpc) is 2.90. The fourth-order valence-corrected chi connectivity index (χ4v) is 3.15. The standard InChI is InChI=1S/C18H25N3O.2ClH/c1-13(2)12-21-9-7-14-10-16(5-6-17(14)21)20-18(22)15-4-3-8-19-11-15;;/h5-7,9-10,13,15,19H,3-4,8,11-12H2,1-2H3,(H,20,22);2*1H. The highest BCUT2D eigenvalue weighted by molar-refractivity contribution is 5.95. The Morgan fingerprint density at radius 2 is 2.12 bits per heavy atom. The summed E-state index contributed by atoms with van der Waals surface area (Å²) < 4.78 is 2.27. The molecule has 2 heterocycles. The van der Waals surface area contributed by atoms with E-state index in [1.54, 1.807) is 0 Å². The van der Waals surface area contributed by atoms with E-state index in [2.05, 4.69) is 53.4 Å². The molecule has 0 aliphatic carbocycles. The second kappa shape index (κ2) is 9.30. The summed E-state index contributed by atoms with van der Waals surface area (Å²) in [4.78, 5) is 12.3. The molecular formula is C18H27Cl2N3O. The Hall–Kier alpha value is -1.23. The molecule has 24 heavy (non-hydrogen) atoms. The molecule has 6 heteroatoms. The third kappa shape index (κ3) is 4.88. The topological polar surface area (TPSA) is 46.1 Å². The maximum atomic E-state index is 12.3. The molecule has 0 spiro atoms. The Morgan fingerprint density at radius 1 is 1.33 bits per heavy atom. The van der Waals surface area contributed by atoms with Crippen molar-refractivity contribution >= 4 is 47.3 Å². The SMILES string of the molecule is CC(C)Cn1ccc2cc(NC(=O)C3CCCNC3)ccc21.Cl.Cl. The molecule has 0 bridgehead atoms. The minimum absolute atomic E-state index is 0. The van der Waals surface area contributed by atoms with Gasteiger partial charge in [-0.25, -0.2) is 0 Å².